The fourth-order valence-corrected chi connectivity index (χ4v) is 3.59. The van der Waals surface area contributed by atoms with Crippen molar-refractivity contribution in [3.63, 3.8) is 0 Å². The molecule has 1 aliphatic carbocycles. The van der Waals surface area contributed by atoms with E-state index in [4.69, 9.17) is 5.11 Å². The largest absolute Gasteiger partial charge is 0.481 e. The number of carboxylic acids is 1. The van der Waals surface area contributed by atoms with Gasteiger partial charge in [0.15, 0.2) is 0 Å². The van der Waals surface area contributed by atoms with Crippen LogP contribution in [0.15, 0.2) is 0 Å². The third kappa shape index (κ3) is 3.67. The molecule has 1 heterocycles. The van der Waals surface area contributed by atoms with Gasteiger partial charge >= 0.3 is 12.0 Å². The lowest BCUT2D eigenvalue weighted by molar-refractivity contribution is -0.148. The summed E-state index contributed by atoms with van der Waals surface area (Å²) in [5.41, 5.74) is -0.768. The Morgan fingerprint density at radius 2 is 1.95 bits per heavy atom. The normalized spacial score (nSPS) is 24.2. The van der Waals surface area contributed by atoms with Gasteiger partial charge in [-0.1, -0.05) is 12.8 Å². The third-order valence-corrected chi connectivity index (χ3v) is 4.93. The minimum absolute atomic E-state index is 0.147. The summed E-state index contributed by atoms with van der Waals surface area (Å²) < 4.78 is 0. The highest BCUT2D eigenvalue weighted by atomic mass is 16.4. The quantitative estimate of drug-likeness (QED) is 0.694. The molecule has 0 aromatic heterocycles. The molecule has 2 aliphatic rings. The van der Waals surface area contributed by atoms with Gasteiger partial charge in [0, 0.05) is 25.7 Å². The van der Waals surface area contributed by atoms with Crippen molar-refractivity contribution in [2.24, 2.45) is 5.41 Å². The van der Waals surface area contributed by atoms with E-state index in [9.17, 15) is 14.7 Å². The van der Waals surface area contributed by atoms with E-state index >= 15 is 0 Å². The number of likely N-dealkylation sites (tertiary alicyclic amines) is 1. The number of carbonyl (C=O) groups is 2. The van der Waals surface area contributed by atoms with Crippen molar-refractivity contribution < 1.29 is 19.8 Å². The molecule has 6 nitrogen and oxygen atoms in total. The summed E-state index contributed by atoms with van der Waals surface area (Å²) in [5, 5.41) is 21.2. The van der Waals surface area contributed by atoms with Crippen molar-refractivity contribution >= 4 is 12.0 Å². The number of carbonyl (C=O) groups excluding carboxylic acids is 1. The molecule has 1 saturated carbocycles. The first kappa shape index (κ1) is 16.1. The lowest BCUT2D eigenvalue weighted by atomic mass is 9.86. The minimum atomic E-state index is -0.793. The molecule has 21 heavy (non-hydrogen) atoms. The molecule has 120 valence electrons. The molecule has 0 spiro atoms. The van der Waals surface area contributed by atoms with E-state index in [1.54, 1.807) is 4.90 Å². The number of aliphatic carboxylic acids is 1. The average molecular weight is 298 g/mol. The number of nitrogens with one attached hydrogen (secondary N) is 1. The first-order valence-corrected chi connectivity index (χ1v) is 7.98. The first-order chi connectivity index (χ1) is 10.1. The number of rotatable bonds is 6. The van der Waals surface area contributed by atoms with E-state index in [1.807, 2.05) is 0 Å². The van der Waals surface area contributed by atoms with Crippen LogP contribution in [0.25, 0.3) is 0 Å². The van der Waals surface area contributed by atoms with Crippen molar-refractivity contribution in [1.82, 2.24) is 10.2 Å². The molecule has 0 aromatic rings. The summed E-state index contributed by atoms with van der Waals surface area (Å²) in [6.07, 6.45) is 6.61. The van der Waals surface area contributed by atoms with E-state index < -0.39 is 11.4 Å². The zero-order valence-electron chi connectivity index (χ0n) is 12.5. The molecular formula is C15H26N2O4. The second kappa shape index (κ2) is 7.11. The zero-order valence-corrected chi connectivity index (χ0v) is 12.5. The van der Waals surface area contributed by atoms with Crippen LogP contribution in [0, 0.1) is 5.41 Å². The maximum absolute atomic E-state index is 12.3. The molecular weight excluding hydrogens is 272 g/mol. The number of urea groups is 1. The Morgan fingerprint density at radius 1 is 1.24 bits per heavy atom. The van der Waals surface area contributed by atoms with Gasteiger partial charge in [0.25, 0.3) is 0 Å². The molecule has 1 aliphatic heterocycles. The molecule has 0 bridgehead atoms. The van der Waals surface area contributed by atoms with E-state index in [1.165, 1.54) is 0 Å². The summed E-state index contributed by atoms with van der Waals surface area (Å²) in [6.45, 7) is 1.10. The molecule has 0 radical (unpaired) electrons. The van der Waals surface area contributed by atoms with Crippen LogP contribution in [0.4, 0.5) is 4.79 Å². The Hall–Kier alpha value is -1.30. The van der Waals surface area contributed by atoms with E-state index in [0.29, 0.717) is 19.3 Å². The molecule has 6 heteroatoms. The lowest BCUT2D eigenvalue weighted by Gasteiger charge is -2.28. The van der Waals surface area contributed by atoms with E-state index in [-0.39, 0.29) is 25.2 Å². The van der Waals surface area contributed by atoms with Gasteiger partial charge < -0.3 is 20.4 Å². The average Bonchev–Trinajstić information content (AvgIpc) is 3.12. The Kier molecular flexibility index (Phi) is 5.45. The van der Waals surface area contributed by atoms with Gasteiger partial charge in [-0.15, -0.1) is 0 Å². The number of aliphatic hydroxyl groups excluding tert-OH is 1. The smallest absolute Gasteiger partial charge is 0.317 e. The number of hydrogen-bond donors (Lipinski definition) is 3. The Balaban J connectivity index is 1.87. The second-order valence-electron chi connectivity index (χ2n) is 6.31. The lowest BCUT2D eigenvalue weighted by Crippen LogP contribution is -2.48. The number of nitrogens with zero attached hydrogens (tertiary/aromatic N) is 1. The van der Waals surface area contributed by atoms with Gasteiger partial charge in [0.1, 0.15) is 0 Å². The summed E-state index contributed by atoms with van der Waals surface area (Å²) in [7, 11) is 0. The van der Waals surface area contributed by atoms with Gasteiger partial charge in [-0.25, -0.2) is 4.79 Å². The highest BCUT2D eigenvalue weighted by molar-refractivity contribution is 5.78. The monoisotopic (exact) mass is 298 g/mol. The van der Waals surface area contributed by atoms with E-state index in [2.05, 4.69) is 5.32 Å². The second-order valence-corrected chi connectivity index (χ2v) is 6.31. The molecule has 1 saturated heterocycles. The van der Waals surface area contributed by atoms with Crippen molar-refractivity contribution in [2.75, 3.05) is 19.7 Å². The van der Waals surface area contributed by atoms with Crippen molar-refractivity contribution in [2.45, 2.75) is 57.4 Å². The molecule has 3 N–H and O–H groups in total. The van der Waals surface area contributed by atoms with Gasteiger partial charge in [-0.3, -0.25) is 4.79 Å². The summed E-state index contributed by atoms with van der Waals surface area (Å²) in [5.74, 6) is -0.793. The highest BCUT2D eigenvalue weighted by Gasteiger charge is 2.42. The highest BCUT2D eigenvalue weighted by Crippen LogP contribution is 2.37. The van der Waals surface area contributed by atoms with E-state index in [0.717, 1.165) is 38.6 Å². The zero-order chi connectivity index (χ0) is 15.3. The first-order valence-electron chi connectivity index (χ1n) is 7.98. The van der Waals surface area contributed by atoms with Crippen LogP contribution in [-0.4, -0.2) is 52.9 Å². The van der Waals surface area contributed by atoms with Crippen LogP contribution in [0.1, 0.15) is 51.4 Å². The minimum Gasteiger partial charge on any atom is -0.481 e. The molecule has 2 rings (SSSR count). The fourth-order valence-electron chi connectivity index (χ4n) is 3.59. The molecule has 2 amide bonds. The molecule has 0 aromatic carbocycles. The Morgan fingerprint density at radius 3 is 2.57 bits per heavy atom. The van der Waals surface area contributed by atoms with Crippen molar-refractivity contribution in [3.8, 4) is 0 Å². The third-order valence-electron chi connectivity index (χ3n) is 4.93. The SMILES string of the molecule is O=C(NCC1(C(=O)O)CCCC1)N1CCCC1CCCO. The fraction of sp³-hybridized carbons (Fsp3) is 0.867. The Bertz CT molecular complexity index is 380. The summed E-state index contributed by atoms with van der Waals surface area (Å²) >= 11 is 0. The summed E-state index contributed by atoms with van der Waals surface area (Å²) in [4.78, 5) is 25.6. The van der Waals surface area contributed by atoms with Crippen LogP contribution < -0.4 is 5.32 Å². The molecule has 1 unspecified atom stereocenters. The predicted octanol–water partition coefficient (Wildman–Crippen LogP) is 1.58. The van der Waals surface area contributed by atoms with Crippen LogP contribution in [0.3, 0.4) is 0 Å². The van der Waals surface area contributed by atoms with Gasteiger partial charge in [0.2, 0.25) is 0 Å². The maximum Gasteiger partial charge on any atom is 0.317 e. The topological polar surface area (TPSA) is 89.9 Å². The number of amides is 2. The maximum atomic E-state index is 12.3. The van der Waals surface area contributed by atoms with Gasteiger partial charge in [0.05, 0.1) is 5.41 Å². The van der Waals surface area contributed by atoms with Crippen molar-refractivity contribution in [3.05, 3.63) is 0 Å². The standard InChI is InChI=1S/C15H26N2O4/c18-10-4-6-12-5-3-9-17(12)14(21)16-11-15(13(19)20)7-1-2-8-15/h12,18H,1-11H2,(H,16,21)(H,19,20). The van der Waals surface area contributed by atoms with Gasteiger partial charge in [-0.05, 0) is 38.5 Å². The molecule has 1 atom stereocenters. The Labute approximate surface area is 125 Å². The van der Waals surface area contributed by atoms with Crippen LogP contribution in [0.5, 0.6) is 0 Å². The predicted molar refractivity (Wildman–Crippen MR) is 78.0 cm³/mol. The number of carboxylic acid groups (broad SMARTS) is 1. The van der Waals surface area contributed by atoms with Crippen molar-refractivity contribution in [1.29, 1.82) is 0 Å². The van der Waals surface area contributed by atoms with Gasteiger partial charge in [-0.2, -0.15) is 0 Å². The number of hydrogen-bond acceptors (Lipinski definition) is 3. The van der Waals surface area contributed by atoms with Crippen LogP contribution in [0.2, 0.25) is 0 Å². The summed E-state index contributed by atoms with van der Waals surface area (Å²) in [6, 6.07) is 0.0319. The van der Waals surface area contributed by atoms with Crippen LogP contribution in [-0.2, 0) is 4.79 Å². The number of aliphatic hydroxyl groups is 1. The van der Waals surface area contributed by atoms with Crippen LogP contribution >= 0.6 is 0 Å². The molecule has 2 fully saturated rings.